The van der Waals surface area contributed by atoms with Crippen molar-refractivity contribution in [2.24, 2.45) is 0 Å². The van der Waals surface area contributed by atoms with Gasteiger partial charge < -0.3 is 14.0 Å². The van der Waals surface area contributed by atoms with E-state index in [2.05, 4.69) is 15.0 Å². The minimum atomic E-state index is -4.14. The van der Waals surface area contributed by atoms with Gasteiger partial charge in [-0.1, -0.05) is 29.8 Å². The summed E-state index contributed by atoms with van der Waals surface area (Å²) < 4.78 is 41.7. The van der Waals surface area contributed by atoms with Crippen LogP contribution in [-0.2, 0) is 26.0 Å². The second kappa shape index (κ2) is 10.8. The number of nitro benzene ring substituents is 1. The molecule has 3 heterocycles. The largest absolute Gasteiger partial charge is 0.350 e. The molecule has 38 heavy (non-hydrogen) atoms. The van der Waals surface area contributed by atoms with Crippen molar-refractivity contribution in [3.05, 3.63) is 81.0 Å². The first-order chi connectivity index (χ1) is 18.2. The summed E-state index contributed by atoms with van der Waals surface area (Å²) >= 11 is 12.2. The third-order valence-electron chi connectivity index (χ3n) is 5.89. The maximum atomic E-state index is 13.9. The lowest BCUT2D eigenvalue weighted by molar-refractivity contribution is -0.384. The molecule has 1 aliphatic rings. The number of rotatable bonds is 9. The molecule has 0 aliphatic carbocycles. The number of halogens is 2. The number of ether oxygens (including phenoxy) is 2. The molecule has 0 unspecified atom stereocenters. The van der Waals surface area contributed by atoms with Crippen LogP contribution in [0.1, 0.15) is 12.0 Å². The predicted molar refractivity (Wildman–Crippen MR) is 139 cm³/mol. The minimum absolute atomic E-state index is 0.0332. The summed E-state index contributed by atoms with van der Waals surface area (Å²) in [7, 11) is -4.14. The fraction of sp³-hybridized carbons (Fsp3) is 0.261. The van der Waals surface area contributed by atoms with Gasteiger partial charge in [0, 0.05) is 25.1 Å². The number of imidazole rings is 1. The average molecular weight is 579 g/mol. The van der Waals surface area contributed by atoms with Crippen LogP contribution in [0.2, 0.25) is 10.4 Å². The van der Waals surface area contributed by atoms with Gasteiger partial charge in [-0.05, 0) is 35.4 Å². The Hall–Kier alpha value is -3.36. The van der Waals surface area contributed by atoms with Gasteiger partial charge in [0.05, 0.1) is 41.6 Å². The summed E-state index contributed by atoms with van der Waals surface area (Å²) in [6.07, 6.45) is 1.25. The van der Waals surface area contributed by atoms with E-state index in [0.29, 0.717) is 35.6 Å². The summed E-state index contributed by atoms with van der Waals surface area (Å²) in [5.41, 5.74) is 1.57. The first-order valence-electron chi connectivity index (χ1n) is 11.4. The van der Waals surface area contributed by atoms with E-state index in [1.165, 1.54) is 22.8 Å². The Morgan fingerprint density at radius 3 is 2.50 bits per heavy atom. The first kappa shape index (κ1) is 26.3. The van der Waals surface area contributed by atoms with Gasteiger partial charge in [0.2, 0.25) is 5.28 Å². The molecule has 0 amide bonds. The average Bonchev–Trinajstić information content (AvgIpc) is 3.55. The minimum Gasteiger partial charge on any atom is -0.350 e. The van der Waals surface area contributed by atoms with E-state index in [0.717, 1.165) is 12.1 Å². The lowest BCUT2D eigenvalue weighted by Gasteiger charge is -2.27. The number of nitro groups is 1. The Bertz CT molecular complexity index is 1590. The number of para-hydroxylation sites is 1. The maximum absolute atomic E-state index is 13.9. The Labute approximate surface area is 226 Å². The molecule has 0 bridgehead atoms. The Morgan fingerprint density at radius 2 is 1.79 bits per heavy atom. The molecule has 15 heteroatoms. The van der Waals surface area contributed by atoms with Gasteiger partial charge in [-0.15, -0.1) is 0 Å². The third kappa shape index (κ3) is 5.28. The van der Waals surface area contributed by atoms with E-state index in [1.807, 2.05) is 0 Å². The SMILES string of the molecule is O=[N+]([O-])c1ccc(S(=O)(=O)N(CCC2OCCO2)c2ccccc2Cn2cnc3c(Cl)nc(Cl)nc32)cc1. The van der Waals surface area contributed by atoms with E-state index >= 15 is 0 Å². The lowest BCUT2D eigenvalue weighted by atomic mass is 10.1. The smallest absolute Gasteiger partial charge is 0.269 e. The number of sulfonamides is 1. The third-order valence-corrected chi connectivity index (χ3v) is 8.15. The summed E-state index contributed by atoms with van der Waals surface area (Å²) in [6.45, 7) is 1.08. The molecule has 2 aromatic heterocycles. The van der Waals surface area contributed by atoms with Gasteiger partial charge in [0.1, 0.15) is 5.52 Å². The number of non-ortho nitro benzene ring substituents is 1. The van der Waals surface area contributed by atoms with Crippen LogP contribution in [0.5, 0.6) is 0 Å². The Morgan fingerprint density at radius 1 is 1.08 bits per heavy atom. The molecular weight excluding hydrogens is 559 g/mol. The van der Waals surface area contributed by atoms with Crippen LogP contribution >= 0.6 is 23.2 Å². The standard InChI is InChI=1S/C23H20Cl2N6O6S/c24-21-20-22(28-23(25)27-21)29(14-26-20)13-15-3-1-2-4-18(15)30(10-9-19-36-11-12-37-19)38(34,35)17-7-5-16(6-8-17)31(32)33/h1-8,14,19H,9-13H2. The molecule has 5 rings (SSSR count). The lowest BCUT2D eigenvalue weighted by Crippen LogP contribution is -2.34. The molecule has 0 N–H and O–H groups in total. The Balaban J connectivity index is 1.55. The molecule has 0 spiro atoms. The summed E-state index contributed by atoms with van der Waals surface area (Å²) in [5.74, 6) is 0. The van der Waals surface area contributed by atoms with E-state index in [1.54, 1.807) is 28.8 Å². The van der Waals surface area contributed by atoms with Crippen LogP contribution in [-0.4, -0.2) is 58.9 Å². The molecule has 0 saturated carbocycles. The van der Waals surface area contributed by atoms with Crippen LogP contribution in [0, 0.1) is 10.1 Å². The fourth-order valence-corrected chi connectivity index (χ4v) is 6.04. The Kier molecular flexibility index (Phi) is 7.45. The maximum Gasteiger partial charge on any atom is 0.269 e. The normalized spacial score (nSPS) is 14.3. The van der Waals surface area contributed by atoms with Gasteiger partial charge in [0.15, 0.2) is 17.1 Å². The van der Waals surface area contributed by atoms with Crippen molar-refractivity contribution < 1.29 is 22.8 Å². The van der Waals surface area contributed by atoms with Crippen molar-refractivity contribution >= 4 is 55.8 Å². The van der Waals surface area contributed by atoms with Crippen LogP contribution in [0.25, 0.3) is 11.2 Å². The van der Waals surface area contributed by atoms with Crippen molar-refractivity contribution in [3.8, 4) is 0 Å². The molecule has 12 nitrogen and oxygen atoms in total. The highest BCUT2D eigenvalue weighted by Crippen LogP contribution is 2.31. The highest BCUT2D eigenvalue weighted by molar-refractivity contribution is 7.92. The second-order valence-electron chi connectivity index (χ2n) is 8.24. The number of benzene rings is 2. The molecule has 4 aromatic rings. The predicted octanol–water partition coefficient (Wildman–Crippen LogP) is 4.05. The molecule has 0 atom stereocenters. The van der Waals surface area contributed by atoms with E-state index in [-0.39, 0.29) is 40.5 Å². The molecular formula is C23H20Cl2N6O6S. The zero-order chi connectivity index (χ0) is 26.9. The highest BCUT2D eigenvalue weighted by atomic mass is 35.5. The van der Waals surface area contributed by atoms with Crippen LogP contribution in [0.15, 0.2) is 59.8 Å². The van der Waals surface area contributed by atoms with Crippen molar-refractivity contribution in [2.75, 3.05) is 24.1 Å². The van der Waals surface area contributed by atoms with E-state index in [4.69, 9.17) is 32.7 Å². The van der Waals surface area contributed by atoms with Crippen LogP contribution < -0.4 is 4.31 Å². The van der Waals surface area contributed by atoms with Crippen molar-refractivity contribution in [3.63, 3.8) is 0 Å². The van der Waals surface area contributed by atoms with Crippen LogP contribution in [0.4, 0.5) is 11.4 Å². The second-order valence-corrected chi connectivity index (χ2v) is 10.8. The number of fused-ring (bicyclic) bond motifs is 1. The molecule has 1 saturated heterocycles. The number of hydrogen-bond donors (Lipinski definition) is 0. The molecule has 198 valence electrons. The summed E-state index contributed by atoms with van der Waals surface area (Å²) in [6, 6.07) is 11.7. The van der Waals surface area contributed by atoms with Gasteiger partial charge in [-0.3, -0.25) is 14.4 Å². The van der Waals surface area contributed by atoms with Gasteiger partial charge in [0.25, 0.3) is 15.7 Å². The van der Waals surface area contributed by atoms with E-state index < -0.39 is 21.2 Å². The fourth-order valence-electron chi connectivity index (χ4n) is 4.11. The van der Waals surface area contributed by atoms with Gasteiger partial charge in [-0.2, -0.15) is 4.98 Å². The molecule has 1 aliphatic heterocycles. The van der Waals surface area contributed by atoms with E-state index in [9.17, 15) is 18.5 Å². The van der Waals surface area contributed by atoms with Crippen molar-refractivity contribution in [2.45, 2.75) is 24.2 Å². The topological polar surface area (TPSA) is 143 Å². The monoisotopic (exact) mass is 578 g/mol. The number of anilines is 1. The molecule has 0 radical (unpaired) electrons. The zero-order valence-electron chi connectivity index (χ0n) is 19.6. The summed E-state index contributed by atoms with van der Waals surface area (Å²) in [5, 5.41) is 11.1. The first-order valence-corrected chi connectivity index (χ1v) is 13.6. The van der Waals surface area contributed by atoms with Crippen molar-refractivity contribution in [1.29, 1.82) is 0 Å². The number of hydrogen-bond acceptors (Lipinski definition) is 9. The number of aromatic nitrogens is 4. The van der Waals surface area contributed by atoms with Crippen molar-refractivity contribution in [1.82, 2.24) is 19.5 Å². The molecule has 2 aromatic carbocycles. The number of nitrogens with zero attached hydrogens (tertiary/aromatic N) is 6. The quantitative estimate of drug-likeness (QED) is 0.124. The molecule has 1 fully saturated rings. The van der Waals surface area contributed by atoms with Gasteiger partial charge in [-0.25, -0.2) is 18.4 Å². The van der Waals surface area contributed by atoms with Gasteiger partial charge >= 0.3 is 0 Å². The highest BCUT2D eigenvalue weighted by Gasteiger charge is 2.29. The summed E-state index contributed by atoms with van der Waals surface area (Å²) in [4.78, 5) is 22.8. The zero-order valence-corrected chi connectivity index (χ0v) is 21.9. The van der Waals surface area contributed by atoms with Crippen LogP contribution in [0.3, 0.4) is 0 Å².